The molecule has 0 saturated carbocycles. The predicted molar refractivity (Wildman–Crippen MR) is 79.1 cm³/mol. The van der Waals surface area contributed by atoms with Crippen molar-refractivity contribution in [1.82, 2.24) is 4.98 Å². The highest BCUT2D eigenvalue weighted by Gasteiger charge is 2.32. The van der Waals surface area contributed by atoms with Crippen molar-refractivity contribution < 1.29 is 4.79 Å². The molecular weight excluding hydrogens is 290 g/mol. The zero-order valence-electron chi connectivity index (χ0n) is 11.6. The van der Waals surface area contributed by atoms with Crippen LogP contribution in [0.25, 0.3) is 4.85 Å². The summed E-state index contributed by atoms with van der Waals surface area (Å²) in [6.07, 6.45) is 0.864. The van der Waals surface area contributed by atoms with Gasteiger partial charge in [0.05, 0.1) is 12.1 Å². The van der Waals surface area contributed by atoms with Crippen LogP contribution in [0.4, 0.5) is 11.5 Å². The van der Waals surface area contributed by atoms with E-state index in [-0.39, 0.29) is 22.5 Å². The summed E-state index contributed by atoms with van der Waals surface area (Å²) < 4.78 is 0. The first kappa shape index (κ1) is 15.1. The number of halogens is 1. The molecule has 2 N–H and O–H groups in total. The lowest BCUT2D eigenvalue weighted by molar-refractivity contribution is -0.119. The number of aromatic nitrogens is 1. The second-order valence-electron chi connectivity index (χ2n) is 4.95. The molecule has 2 heterocycles. The van der Waals surface area contributed by atoms with Crippen LogP contribution in [0.2, 0.25) is 5.15 Å². The first-order valence-corrected chi connectivity index (χ1v) is 6.92. The fourth-order valence-corrected chi connectivity index (χ4v) is 2.77. The number of hydrogen-bond acceptors (Lipinski definition) is 4. The molecule has 0 spiro atoms. The Balaban J connectivity index is 2.34. The van der Waals surface area contributed by atoms with Crippen molar-refractivity contribution in [2.45, 2.75) is 19.8 Å². The van der Waals surface area contributed by atoms with Crippen molar-refractivity contribution in [2.75, 3.05) is 18.0 Å². The lowest BCUT2D eigenvalue weighted by Gasteiger charge is -2.40. The molecule has 2 rings (SSSR count). The van der Waals surface area contributed by atoms with E-state index in [0.29, 0.717) is 43.0 Å². The van der Waals surface area contributed by atoms with E-state index >= 15 is 0 Å². The molecule has 0 atom stereocenters. The van der Waals surface area contributed by atoms with Gasteiger partial charge in [-0.1, -0.05) is 18.5 Å². The fourth-order valence-electron chi connectivity index (χ4n) is 2.53. The highest BCUT2D eigenvalue weighted by Crippen LogP contribution is 2.39. The number of anilines is 1. The number of nitrogens with zero attached hydrogens (tertiary/aromatic N) is 4. The maximum atomic E-state index is 10.9. The molecule has 1 amide bonds. The van der Waals surface area contributed by atoms with Gasteiger partial charge in [-0.25, -0.2) is 9.83 Å². The maximum Gasteiger partial charge on any atom is 0.232 e. The quantitative estimate of drug-likeness (QED) is 0.681. The number of primary amides is 1. The standard InChI is InChI=1S/C14H14ClN5O/c1-3-9-10(5-16)13(15)19-14(12(9)18-2)20-6-8(7-20)4-11(17)21/h8H,3-4,6-7H2,1H3,(H2,17,21). The lowest BCUT2D eigenvalue weighted by Crippen LogP contribution is -2.48. The van der Waals surface area contributed by atoms with Crippen LogP contribution in [0.3, 0.4) is 0 Å². The van der Waals surface area contributed by atoms with Crippen molar-refractivity contribution in [3.8, 4) is 6.07 Å². The number of rotatable bonds is 4. The molecule has 1 aromatic rings. The summed E-state index contributed by atoms with van der Waals surface area (Å²) in [5, 5.41) is 9.27. The van der Waals surface area contributed by atoms with Crippen LogP contribution in [0.15, 0.2) is 0 Å². The van der Waals surface area contributed by atoms with Crippen LogP contribution >= 0.6 is 11.6 Å². The zero-order chi connectivity index (χ0) is 15.6. The van der Waals surface area contributed by atoms with Crippen LogP contribution < -0.4 is 10.6 Å². The molecule has 21 heavy (non-hydrogen) atoms. The van der Waals surface area contributed by atoms with Gasteiger partial charge in [-0.05, 0) is 12.0 Å². The molecule has 0 aliphatic carbocycles. The molecular formula is C14H14ClN5O. The summed E-state index contributed by atoms with van der Waals surface area (Å²) in [6, 6.07) is 2.01. The molecule has 1 aliphatic rings. The van der Waals surface area contributed by atoms with Gasteiger partial charge in [-0.15, -0.1) is 0 Å². The Kier molecular flexibility index (Phi) is 4.30. The third-order valence-corrected chi connectivity index (χ3v) is 3.81. The Labute approximate surface area is 127 Å². The predicted octanol–water partition coefficient (Wildman–Crippen LogP) is 2.03. The number of carbonyl (C=O) groups excluding carboxylic acids is 1. The number of hydrogen-bond donors (Lipinski definition) is 1. The van der Waals surface area contributed by atoms with E-state index in [1.165, 1.54) is 0 Å². The largest absolute Gasteiger partial charge is 0.370 e. The molecule has 1 aromatic heterocycles. The monoisotopic (exact) mass is 303 g/mol. The van der Waals surface area contributed by atoms with Crippen LogP contribution in [0.5, 0.6) is 0 Å². The highest BCUT2D eigenvalue weighted by atomic mass is 35.5. The maximum absolute atomic E-state index is 10.9. The minimum absolute atomic E-state index is 0.120. The summed E-state index contributed by atoms with van der Waals surface area (Å²) in [7, 11) is 0. The first-order chi connectivity index (χ1) is 10.0. The summed E-state index contributed by atoms with van der Waals surface area (Å²) >= 11 is 6.05. The van der Waals surface area contributed by atoms with Crippen LogP contribution in [-0.4, -0.2) is 24.0 Å². The average Bonchev–Trinajstić information content (AvgIpc) is 2.40. The molecule has 7 heteroatoms. The van der Waals surface area contributed by atoms with Gasteiger partial charge in [-0.2, -0.15) is 5.26 Å². The van der Waals surface area contributed by atoms with Gasteiger partial charge in [0.1, 0.15) is 17.0 Å². The van der Waals surface area contributed by atoms with Gasteiger partial charge in [0, 0.05) is 25.4 Å². The lowest BCUT2D eigenvalue weighted by atomic mass is 9.95. The summed E-state index contributed by atoms with van der Waals surface area (Å²) in [6.45, 7) is 10.5. The number of amides is 1. The number of nitriles is 1. The fraction of sp³-hybridized carbons (Fsp3) is 0.429. The topological polar surface area (TPSA) is 87.4 Å². The Hall–Kier alpha value is -2.31. The number of nitrogens with two attached hydrogens (primary N) is 1. The average molecular weight is 304 g/mol. The SMILES string of the molecule is [C-]#[N+]c1c(N2CC(CC(N)=O)C2)nc(Cl)c(C#N)c1CC. The third-order valence-electron chi connectivity index (χ3n) is 3.53. The minimum Gasteiger partial charge on any atom is -0.370 e. The van der Waals surface area contributed by atoms with Gasteiger partial charge >= 0.3 is 0 Å². The molecule has 0 bridgehead atoms. The van der Waals surface area contributed by atoms with Crippen LogP contribution in [0, 0.1) is 23.8 Å². The Morgan fingerprint density at radius 2 is 2.33 bits per heavy atom. The second kappa shape index (κ2) is 5.99. The molecule has 0 aromatic carbocycles. The smallest absolute Gasteiger partial charge is 0.232 e. The van der Waals surface area contributed by atoms with Gasteiger partial charge < -0.3 is 10.6 Å². The van der Waals surface area contributed by atoms with Gasteiger partial charge in [0.2, 0.25) is 11.6 Å². The summed E-state index contributed by atoms with van der Waals surface area (Å²) in [5.74, 6) is 0.346. The number of carbonyl (C=O) groups is 1. The van der Waals surface area contributed by atoms with Crippen molar-refractivity contribution in [1.29, 1.82) is 5.26 Å². The third kappa shape index (κ3) is 2.76. The first-order valence-electron chi connectivity index (χ1n) is 6.54. The minimum atomic E-state index is -0.329. The molecule has 1 fully saturated rings. The van der Waals surface area contributed by atoms with E-state index in [9.17, 15) is 4.79 Å². The van der Waals surface area contributed by atoms with E-state index in [0.717, 1.165) is 0 Å². The van der Waals surface area contributed by atoms with Gasteiger partial charge in [0.15, 0.2) is 0 Å². The van der Waals surface area contributed by atoms with Crippen LogP contribution in [0.1, 0.15) is 24.5 Å². The van der Waals surface area contributed by atoms with E-state index < -0.39 is 0 Å². The zero-order valence-corrected chi connectivity index (χ0v) is 12.3. The van der Waals surface area contributed by atoms with Gasteiger partial charge in [-0.3, -0.25) is 4.79 Å². The van der Waals surface area contributed by atoms with Gasteiger partial charge in [0.25, 0.3) is 0 Å². The van der Waals surface area contributed by atoms with E-state index in [1.807, 2.05) is 17.9 Å². The Morgan fingerprint density at radius 1 is 1.67 bits per heavy atom. The van der Waals surface area contributed by atoms with Crippen molar-refractivity contribution in [3.63, 3.8) is 0 Å². The van der Waals surface area contributed by atoms with Crippen molar-refractivity contribution >= 4 is 29.0 Å². The highest BCUT2D eigenvalue weighted by molar-refractivity contribution is 6.31. The second-order valence-corrected chi connectivity index (χ2v) is 5.30. The molecule has 0 radical (unpaired) electrons. The van der Waals surface area contributed by atoms with E-state index in [2.05, 4.69) is 9.83 Å². The summed E-state index contributed by atoms with van der Waals surface area (Å²) in [4.78, 5) is 20.5. The Morgan fingerprint density at radius 3 is 2.81 bits per heavy atom. The molecule has 6 nitrogen and oxygen atoms in total. The number of pyridine rings is 1. The van der Waals surface area contributed by atoms with E-state index in [1.54, 1.807) is 0 Å². The van der Waals surface area contributed by atoms with Crippen LogP contribution in [-0.2, 0) is 11.2 Å². The molecule has 0 unspecified atom stereocenters. The summed E-state index contributed by atoms with van der Waals surface area (Å²) in [5.41, 5.74) is 6.44. The van der Waals surface area contributed by atoms with E-state index in [4.69, 9.17) is 29.2 Å². The Bertz CT molecular complexity index is 667. The normalized spacial score (nSPS) is 14.2. The van der Waals surface area contributed by atoms with Crippen molar-refractivity contribution in [3.05, 3.63) is 27.7 Å². The molecule has 1 aliphatic heterocycles. The molecule has 108 valence electrons. The van der Waals surface area contributed by atoms with Crippen molar-refractivity contribution in [2.24, 2.45) is 11.7 Å². The molecule has 1 saturated heterocycles.